The molecule has 1 aliphatic rings. The highest BCUT2D eigenvalue weighted by Crippen LogP contribution is 2.21. The van der Waals surface area contributed by atoms with Crippen molar-refractivity contribution >= 4 is 12.0 Å². The van der Waals surface area contributed by atoms with E-state index in [1.54, 1.807) is 24.3 Å². The predicted molar refractivity (Wildman–Crippen MR) is 70.3 cm³/mol. The minimum Gasteiger partial charge on any atom is -0.456 e. The molecule has 94 valence electrons. The first-order chi connectivity index (χ1) is 8.74. The SMILES string of the molecule is C=CCC(OC(=O)c1ccc(C=C)cc1)C1CO1. The van der Waals surface area contributed by atoms with E-state index in [0.717, 1.165) is 5.56 Å². The Bertz CT molecular complexity index is 443. The number of esters is 1. The molecule has 3 nitrogen and oxygen atoms in total. The van der Waals surface area contributed by atoms with Crippen LogP contribution in [0, 0.1) is 0 Å². The van der Waals surface area contributed by atoms with Gasteiger partial charge in [-0.05, 0) is 17.7 Å². The van der Waals surface area contributed by atoms with Crippen molar-refractivity contribution in [3.63, 3.8) is 0 Å². The third kappa shape index (κ3) is 3.08. The van der Waals surface area contributed by atoms with E-state index >= 15 is 0 Å². The minimum atomic E-state index is -0.326. The second kappa shape index (κ2) is 5.65. The summed E-state index contributed by atoms with van der Waals surface area (Å²) in [5, 5.41) is 0. The molecule has 2 atom stereocenters. The van der Waals surface area contributed by atoms with Gasteiger partial charge in [-0.2, -0.15) is 0 Å². The van der Waals surface area contributed by atoms with E-state index in [-0.39, 0.29) is 18.2 Å². The van der Waals surface area contributed by atoms with E-state index in [9.17, 15) is 4.79 Å². The van der Waals surface area contributed by atoms with Gasteiger partial charge in [-0.15, -0.1) is 6.58 Å². The number of epoxide rings is 1. The number of carbonyl (C=O) groups is 1. The summed E-state index contributed by atoms with van der Waals surface area (Å²) in [6.45, 7) is 7.98. The van der Waals surface area contributed by atoms with Gasteiger partial charge in [-0.3, -0.25) is 0 Å². The van der Waals surface area contributed by atoms with Gasteiger partial charge in [0.25, 0.3) is 0 Å². The van der Waals surface area contributed by atoms with Crippen LogP contribution in [0.4, 0.5) is 0 Å². The van der Waals surface area contributed by atoms with Crippen LogP contribution in [-0.4, -0.2) is 24.8 Å². The van der Waals surface area contributed by atoms with Gasteiger partial charge in [0.15, 0.2) is 0 Å². The van der Waals surface area contributed by atoms with Gasteiger partial charge in [0.2, 0.25) is 0 Å². The summed E-state index contributed by atoms with van der Waals surface area (Å²) in [7, 11) is 0. The van der Waals surface area contributed by atoms with E-state index < -0.39 is 0 Å². The second-order valence-electron chi connectivity index (χ2n) is 4.17. The first-order valence-corrected chi connectivity index (χ1v) is 5.90. The molecule has 18 heavy (non-hydrogen) atoms. The van der Waals surface area contributed by atoms with Gasteiger partial charge >= 0.3 is 5.97 Å². The highest BCUT2D eigenvalue weighted by molar-refractivity contribution is 5.89. The Morgan fingerprint density at radius 3 is 2.61 bits per heavy atom. The Balaban J connectivity index is 2.00. The first kappa shape index (κ1) is 12.6. The molecule has 1 aliphatic heterocycles. The molecule has 1 heterocycles. The molecule has 0 spiro atoms. The first-order valence-electron chi connectivity index (χ1n) is 5.90. The van der Waals surface area contributed by atoms with E-state index in [0.29, 0.717) is 18.6 Å². The van der Waals surface area contributed by atoms with Crippen molar-refractivity contribution in [1.29, 1.82) is 0 Å². The van der Waals surface area contributed by atoms with Crippen molar-refractivity contribution in [1.82, 2.24) is 0 Å². The highest BCUT2D eigenvalue weighted by atomic mass is 16.6. The lowest BCUT2D eigenvalue weighted by Gasteiger charge is -2.14. The molecule has 3 heteroatoms. The molecule has 1 aromatic rings. The normalized spacial score (nSPS) is 18.8. The summed E-state index contributed by atoms with van der Waals surface area (Å²) in [6.07, 6.45) is 3.88. The van der Waals surface area contributed by atoms with E-state index in [1.165, 1.54) is 0 Å². The predicted octanol–water partition coefficient (Wildman–Crippen LogP) is 2.83. The molecule has 1 fully saturated rings. The molecule has 2 rings (SSSR count). The molecule has 1 aromatic carbocycles. The Kier molecular flexibility index (Phi) is 3.95. The average Bonchev–Trinajstić information content (AvgIpc) is 3.22. The van der Waals surface area contributed by atoms with Crippen molar-refractivity contribution in [2.24, 2.45) is 0 Å². The van der Waals surface area contributed by atoms with Crippen LogP contribution >= 0.6 is 0 Å². The zero-order chi connectivity index (χ0) is 13.0. The summed E-state index contributed by atoms with van der Waals surface area (Å²) in [5.74, 6) is -0.326. The molecule has 0 saturated carbocycles. The maximum absolute atomic E-state index is 11.9. The summed E-state index contributed by atoms with van der Waals surface area (Å²) in [4.78, 5) is 11.9. The molecule has 0 amide bonds. The van der Waals surface area contributed by atoms with Crippen LogP contribution < -0.4 is 0 Å². The maximum Gasteiger partial charge on any atom is 0.338 e. The quantitative estimate of drug-likeness (QED) is 0.439. The van der Waals surface area contributed by atoms with Crippen LogP contribution in [0.15, 0.2) is 43.5 Å². The van der Waals surface area contributed by atoms with Gasteiger partial charge < -0.3 is 9.47 Å². The zero-order valence-electron chi connectivity index (χ0n) is 10.2. The van der Waals surface area contributed by atoms with Gasteiger partial charge in [0, 0.05) is 6.42 Å². The Labute approximate surface area is 107 Å². The highest BCUT2D eigenvalue weighted by Gasteiger charge is 2.34. The molecule has 0 aliphatic carbocycles. The number of benzene rings is 1. The smallest absolute Gasteiger partial charge is 0.338 e. The van der Waals surface area contributed by atoms with Crippen molar-refractivity contribution in [2.75, 3.05) is 6.61 Å². The lowest BCUT2D eigenvalue weighted by molar-refractivity contribution is 0.0238. The fourth-order valence-electron chi connectivity index (χ4n) is 1.67. The molecule has 1 saturated heterocycles. The second-order valence-corrected chi connectivity index (χ2v) is 4.17. The largest absolute Gasteiger partial charge is 0.456 e. The Hall–Kier alpha value is -1.87. The lowest BCUT2D eigenvalue weighted by Crippen LogP contribution is -2.23. The molecule has 0 radical (unpaired) electrons. The van der Waals surface area contributed by atoms with E-state index in [4.69, 9.17) is 9.47 Å². The number of carbonyl (C=O) groups excluding carboxylic acids is 1. The summed E-state index contributed by atoms with van der Waals surface area (Å²) in [5.41, 5.74) is 1.51. The molecule has 0 aromatic heterocycles. The van der Waals surface area contributed by atoms with Gasteiger partial charge in [0.05, 0.1) is 12.2 Å². The molecule has 2 unspecified atom stereocenters. The Morgan fingerprint density at radius 1 is 1.44 bits per heavy atom. The minimum absolute atomic E-state index is 0.0272. The molecular formula is C15H16O3. The van der Waals surface area contributed by atoms with Gasteiger partial charge in [-0.25, -0.2) is 4.79 Å². The topological polar surface area (TPSA) is 38.8 Å². The molecular weight excluding hydrogens is 228 g/mol. The lowest BCUT2D eigenvalue weighted by atomic mass is 10.1. The van der Waals surface area contributed by atoms with E-state index in [1.807, 2.05) is 12.1 Å². The maximum atomic E-state index is 11.9. The third-order valence-electron chi connectivity index (χ3n) is 2.81. The van der Waals surface area contributed by atoms with Crippen molar-refractivity contribution in [3.8, 4) is 0 Å². The van der Waals surface area contributed by atoms with Crippen LogP contribution in [0.3, 0.4) is 0 Å². The fraction of sp³-hybridized carbons (Fsp3) is 0.267. The van der Waals surface area contributed by atoms with Gasteiger partial charge in [0.1, 0.15) is 12.2 Å². The average molecular weight is 244 g/mol. The molecule has 0 bridgehead atoms. The number of ether oxygens (including phenoxy) is 2. The zero-order valence-corrected chi connectivity index (χ0v) is 10.2. The van der Waals surface area contributed by atoms with Crippen molar-refractivity contribution < 1.29 is 14.3 Å². The van der Waals surface area contributed by atoms with Crippen LogP contribution in [-0.2, 0) is 9.47 Å². The number of hydrogen-bond donors (Lipinski definition) is 0. The van der Waals surface area contributed by atoms with Crippen LogP contribution in [0.2, 0.25) is 0 Å². The summed E-state index contributed by atoms with van der Waals surface area (Å²) >= 11 is 0. The van der Waals surface area contributed by atoms with E-state index in [2.05, 4.69) is 13.2 Å². The number of hydrogen-bond acceptors (Lipinski definition) is 3. The fourth-order valence-corrected chi connectivity index (χ4v) is 1.67. The summed E-state index contributed by atoms with van der Waals surface area (Å²) < 4.78 is 10.6. The standard InChI is InChI=1S/C15H16O3/c1-3-5-13(14-10-17-14)18-15(16)12-8-6-11(4-2)7-9-12/h3-4,6-9,13-14H,1-2,5,10H2. The molecule has 0 N–H and O–H groups in total. The van der Waals surface area contributed by atoms with Crippen LogP contribution in [0.1, 0.15) is 22.3 Å². The monoisotopic (exact) mass is 244 g/mol. The van der Waals surface area contributed by atoms with Crippen molar-refractivity contribution in [2.45, 2.75) is 18.6 Å². The Morgan fingerprint density at radius 2 is 2.11 bits per heavy atom. The third-order valence-corrected chi connectivity index (χ3v) is 2.81. The van der Waals surface area contributed by atoms with Crippen LogP contribution in [0.25, 0.3) is 6.08 Å². The number of rotatable bonds is 6. The van der Waals surface area contributed by atoms with Crippen LogP contribution in [0.5, 0.6) is 0 Å². The van der Waals surface area contributed by atoms with Crippen molar-refractivity contribution in [3.05, 3.63) is 54.6 Å². The van der Waals surface area contributed by atoms with Gasteiger partial charge in [-0.1, -0.05) is 30.9 Å². The summed E-state index contributed by atoms with van der Waals surface area (Å²) in [6, 6.07) is 7.13.